The summed E-state index contributed by atoms with van der Waals surface area (Å²) >= 11 is 0. The minimum absolute atomic E-state index is 0.0296. The predicted octanol–water partition coefficient (Wildman–Crippen LogP) is 3.16. The average Bonchev–Trinajstić information content (AvgIpc) is 2.60. The second-order valence-electron chi connectivity index (χ2n) is 6.07. The number of benzene rings is 3. The first-order valence-corrected chi connectivity index (χ1v) is 9.98. The van der Waals surface area contributed by atoms with Crippen LogP contribution in [0.25, 0.3) is 10.8 Å². The minimum atomic E-state index is -3.67. The first-order chi connectivity index (χ1) is 13.0. The lowest BCUT2D eigenvalue weighted by atomic mass is 10.1. The Bertz CT molecular complexity index is 1130. The molecule has 7 nitrogen and oxygen atoms in total. The van der Waals surface area contributed by atoms with Crippen molar-refractivity contribution < 1.29 is 22.5 Å². The second-order valence-corrected chi connectivity index (χ2v) is 7.54. The third-order valence-electron chi connectivity index (χ3n) is 3.70. The van der Waals surface area contributed by atoms with Gasteiger partial charge in [0.1, 0.15) is 11.6 Å². The van der Waals surface area contributed by atoms with Crippen molar-refractivity contribution in [3.05, 3.63) is 77.4 Å². The largest absolute Gasteiger partial charge is 0.423 e. The molecule has 4 N–H and O–H groups in total. The predicted molar refractivity (Wildman–Crippen MR) is 109 cm³/mol. The van der Waals surface area contributed by atoms with Crippen molar-refractivity contribution >= 4 is 32.7 Å². The van der Waals surface area contributed by atoms with Gasteiger partial charge in [-0.1, -0.05) is 36.4 Å². The van der Waals surface area contributed by atoms with Crippen molar-refractivity contribution in [2.75, 3.05) is 6.26 Å². The molecule has 0 bridgehead atoms. The molecule has 3 rings (SSSR count). The van der Waals surface area contributed by atoms with E-state index in [9.17, 15) is 13.2 Å². The molecule has 8 heteroatoms. The Balaban J connectivity index is 0.000000500. The molecule has 0 aromatic heterocycles. The highest BCUT2D eigenvalue weighted by Gasteiger charge is 2.11. The molecule has 0 amide bonds. The summed E-state index contributed by atoms with van der Waals surface area (Å²) in [4.78, 5) is 12.2. The van der Waals surface area contributed by atoms with E-state index in [2.05, 4.69) is 0 Å². The number of hydrogen-bond donors (Lipinski definition) is 3. The first-order valence-electron chi connectivity index (χ1n) is 8.13. The molecule has 0 spiro atoms. The molecule has 28 heavy (non-hydrogen) atoms. The fourth-order valence-electron chi connectivity index (χ4n) is 2.42. The summed E-state index contributed by atoms with van der Waals surface area (Å²) in [7, 11) is -3.67. The van der Waals surface area contributed by atoms with E-state index in [0.717, 1.165) is 16.3 Å². The van der Waals surface area contributed by atoms with Crippen molar-refractivity contribution in [3.63, 3.8) is 0 Å². The van der Waals surface area contributed by atoms with Crippen LogP contribution < -0.4 is 10.5 Å². The van der Waals surface area contributed by atoms with Gasteiger partial charge in [-0.3, -0.25) is 9.96 Å². The Morgan fingerprint density at radius 3 is 2.21 bits per heavy atom. The summed E-state index contributed by atoms with van der Waals surface area (Å²) in [6.07, 6.45) is 0.715. The van der Waals surface area contributed by atoms with Crippen molar-refractivity contribution in [2.24, 2.45) is 5.73 Å². The lowest BCUT2D eigenvalue weighted by Crippen LogP contribution is -2.11. The van der Waals surface area contributed by atoms with Crippen LogP contribution in [0.1, 0.15) is 21.5 Å². The third-order valence-corrected chi connectivity index (χ3v) is 3.70. The van der Waals surface area contributed by atoms with Gasteiger partial charge in [0.05, 0.1) is 11.8 Å². The lowest BCUT2D eigenvalue weighted by Gasteiger charge is -2.08. The molecule has 0 atom stereocenters. The maximum atomic E-state index is 12.2. The van der Waals surface area contributed by atoms with Gasteiger partial charge >= 0.3 is 5.97 Å². The van der Waals surface area contributed by atoms with Crippen LogP contribution in [0.5, 0.6) is 5.75 Å². The van der Waals surface area contributed by atoms with Gasteiger partial charge in [0.25, 0.3) is 10.1 Å². The fraction of sp³-hybridized carbons (Fsp3) is 0.100. The zero-order valence-electron chi connectivity index (χ0n) is 15.3. The van der Waals surface area contributed by atoms with Crippen LogP contribution in [0, 0.1) is 12.3 Å². The standard InChI is InChI=1S/C19H16N2O2.CH4O3S/c1-12-4-2-3-5-17(12)19(22)23-16-9-8-13-10-15(18(20)21)7-6-14(13)11-16;1-5(2,3)4/h2-11H,1H3,(H3,20,21);1H3,(H,2,3,4). The molecular formula is C20H20N2O5S. The van der Waals surface area contributed by atoms with Gasteiger partial charge in [0.2, 0.25) is 0 Å². The van der Waals surface area contributed by atoms with Crippen molar-refractivity contribution in [1.29, 1.82) is 5.41 Å². The Morgan fingerprint density at radius 1 is 1.04 bits per heavy atom. The number of amidine groups is 1. The van der Waals surface area contributed by atoms with Gasteiger partial charge in [-0.2, -0.15) is 8.42 Å². The van der Waals surface area contributed by atoms with Crippen LogP contribution in [-0.2, 0) is 10.1 Å². The molecular weight excluding hydrogens is 380 g/mol. The van der Waals surface area contributed by atoms with Crippen LogP contribution in [0.4, 0.5) is 0 Å². The normalized spacial score (nSPS) is 10.7. The zero-order valence-corrected chi connectivity index (χ0v) is 16.2. The summed E-state index contributed by atoms with van der Waals surface area (Å²) in [6.45, 7) is 1.88. The molecule has 0 fully saturated rings. The summed E-state index contributed by atoms with van der Waals surface area (Å²) in [5, 5.41) is 9.33. The number of nitrogen functional groups attached to an aromatic ring is 1. The topological polar surface area (TPSA) is 131 Å². The number of nitrogens with one attached hydrogen (secondary N) is 1. The Hall–Kier alpha value is -3.23. The average molecular weight is 400 g/mol. The minimum Gasteiger partial charge on any atom is -0.423 e. The number of aryl methyl sites for hydroxylation is 1. The highest BCUT2D eigenvalue weighted by atomic mass is 32.2. The van der Waals surface area contributed by atoms with Crippen LogP contribution in [0.15, 0.2) is 60.7 Å². The van der Waals surface area contributed by atoms with Crippen molar-refractivity contribution in [2.45, 2.75) is 6.92 Å². The highest BCUT2D eigenvalue weighted by Crippen LogP contribution is 2.23. The van der Waals surface area contributed by atoms with E-state index in [1.165, 1.54) is 0 Å². The van der Waals surface area contributed by atoms with E-state index in [1.54, 1.807) is 24.3 Å². The Labute approximate surface area is 163 Å². The van der Waals surface area contributed by atoms with Crippen LogP contribution in [0.2, 0.25) is 0 Å². The molecule has 146 valence electrons. The second kappa shape index (κ2) is 8.64. The van der Waals surface area contributed by atoms with E-state index in [-0.39, 0.29) is 11.8 Å². The Kier molecular flexibility index (Phi) is 6.50. The number of hydrogen-bond acceptors (Lipinski definition) is 5. The summed E-state index contributed by atoms with van der Waals surface area (Å²) in [5.41, 5.74) is 7.60. The monoisotopic (exact) mass is 400 g/mol. The van der Waals surface area contributed by atoms with E-state index in [4.69, 9.17) is 20.4 Å². The van der Waals surface area contributed by atoms with Gasteiger partial charge in [-0.15, -0.1) is 0 Å². The molecule has 0 aliphatic rings. The molecule has 0 unspecified atom stereocenters. The fourth-order valence-corrected chi connectivity index (χ4v) is 2.42. The molecule has 0 saturated carbocycles. The lowest BCUT2D eigenvalue weighted by molar-refractivity contribution is 0.0734. The molecule has 0 aliphatic heterocycles. The zero-order chi connectivity index (χ0) is 20.9. The SMILES string of the molecule is CS(=O)(=O)O.Cc1ccccc1C(=O)Oc1ccc2cc(C(=N)N)ccc2c1. The smallest absolute Gasteiger partial charge is 0.343 e. The maximum Gasteiger partial charge on any atom is 0.343 e. The van der Waals surface area contributed by atoms with Crippen LogP contribution in [-0.4, -0.2) is 31.0 Å². The molecule has 0 aliphatic carbocycles. The third kappa shape index (κ3) is 6.19. The van der Waals surface area contributed by atoms with E-state index < -0.39 is 10.1 Å². The quantitative estimate of drug-likeness (QED) is 0.203. The van der Waals surface area contributed by atoms with Gasteiger partial charge in [-0.25, -0.2) is 4.79 Å². The maximum absolute atomic E-state index is 12.2. The van der Waals surface area contributed by atoms with E-state index in [1.807, 2.05) is 43.3 Å². The number of esters is 1. The van der Waals surface area contributed by atoms with Crippen LogP contribution in [0.3, 0.4) is 0 Å². The number of carbonyl (C=O) groups is 1. The summed E-state index contributed by atoms with van der Waals surface area (Å²) in [6, 6.07) is 18.2. The van der Waals surface area contributed by atoms with Crippen LogP contribution >= 0.6 is 0 Å². The number of fused-ring (bicyclic) bond motifs is 1. The van der Waals surface area contributed by atoms with E-state index in [0.29, 0.717) is 23.1 Å². The Morgan fingerprint density at radius 2 is 1.61 bits per heavy atom. The molecule has 0 heterocycles. The highest BCUT2D eigenvalue weighted by molar-refractivity contribution is 7.85. The van der Waals surface area contributed by atoms with E-state index >= 15 is 0 Å². The molecule has 0 saturated heterocycles. The molecule has 0 radical (unpaired) electrons. The first kappa shape index (κ1) is 21.1. The number of carbonyl (C=O) groups excluding carboxylic acids is 1. The number of rotatable bonds is 3. The van der Waals surface area contributed by atoms with Gasteiger partial charge < -0.3 is 10.5 Å². The number of nitrogens with two attached hydrogens (primary N) is 1. The van der Waals surface area contributed by atoms with Gasteiger partial charge in [0.15, 0.2) is 0 Å². The van der Waals surface area contributed by atoms with Crippen molar-refractivity contribution in [3.8, 4) is 5.75 Å². The molecule has 3 aromatic rings. The number of ether oxygens (including phenoxy) is 1. The summed E-state index contributed by atoms with van der Waals surface area (Å²) in [5.74, 6) is 0.145. The summed E-state index contributed by atoms with van der Waals surface area (Å²) < 4.78 is 31.3. The molecule has 3 aromatic carbocycles. The van der Waals surface area contributed by atoms with Crippen molar-refractivity contribution in [1.82, 2.24) is 0 Å². The van der Waals surface area contributed by atoms with Gasteiger partial charge in [0, 0.05) is 5.56 Å². The van der Waals surface area contributed by atoms with Gasteiger partial charge in [-0.05, 0) is 47.5 Å².